The molecule has 3 N–H and O–H groups in total. The summed E-state index contributed by atoms with van der Waals surface area (Å²) in [4.78, 5) is 17.3. The number of amides is 1. The molecule has 0 unspecified atom stereocenters. The van der Waals surface area contributed by atoms with Crippen LogP contribution in [0, 0.1) is 0 Å². The fourth-order valence-electron chi connectivity index (χ4n) is 3.41. The van der Waals surface area contributed by atoms with Gasteiger partial charge in [-0.05, 0) is 37.2 Å². The molecule has 1 saturated heterocycles. The summed E-state index contributed by atoms with van der Waals surface area (Å²) in [6.07, 6.45) is 1.37. The summed E-state index contributed by atoms with van der Waals surface area (Å²) in [6.45, 7) is 0.196. The third-order valence-corrected chi connectivity index (χ3v) is 6.85. The minimum atomic E-state index is -3.75. The molecular weight excluding hydrogens is 428 g/mol. The van der Waals surface area contributed by atoms with Gasteiger partial charge in [-0.25, -0.2) is 23.0 Å². The number of carbonyl (C=O) groups excluding carboxylic acids is 1. The van der Waals surface area contributed by atoms with E-state index in [-0.39, 0.29) is 43.8 Å². The van der Waals surface area contributed by atoms with E-state index in [0.29, 0.717) is 17.9 Å². The monoisotopic (exact) mass is 453 g/mol. The molecule has 31 heavy (non-hydrogen) atoms. The quantitative estimate of drug-likeness (QED) is 0.340. The summed E-state index contributed by atoms with van der Waals surface area (Å²) in [7, 11) is -3.75. The normalized spacial score (nSPS) is 16.2. The molecule has 8 nitrogen and oxygen atoms in total. The lowest BCUT2D eigenvalue weighted by atomic mass is 10.2. The number of hydrazine groups is 1. The number of aromatic nitrogens is 1. The van der Waals surface area contributed by atoms with Gasteiger partial charge in [0.05, 0.1) is 35.8 Å². The van der Waals surface area contributed by atoms with Crippen LogP contribution in [0.1, 0.15) is 28.9 Å². The van der Waals surface area contributed by atoms with E-state index < -0.39 is 21.9 Å². The molecule has 1 aliphatic rings. The summed E-state index contributed by atoms with van der Waals surface area (Å²) in [5, 5.41) is 0. The number of carbonyl (C=O) groups is 1. The van der Waals surface area contributed by atoms with Crippen molar-refractivity contribution in [3.8, 4) is 0 Å². The van der Waals surface area contributed by atoms with Gasteiger partial charge < -0.3 is 0 Å². The highest BCUT2D eigenvalue weighted by atomic mass is 32.2. The maximum absolute atomic E-state index is 13.3. The molecule has 0 radical (unpaired) electrons. The highest BCUT2D eigenvalue weighted by molar-refractivity contribution is 7.92. The van der Waals surface area contributed by atoms with Crippen LogP contribution in [0.2, 0.25) is 0 Å². The van der Waals surface area contributed by atoms with E-state index in [1.807, 2.05) is 5.43 Å². The number of hydrogen-bond acceptors (Lipinski definition) is 6. The zero-order valence-corrected chi connectivity index (χ0v) is 17.7. The van der Waals surface area contributed by atoms with Crippen molar-refractivity contribution in [1.29, 1.82) is 0 Å². The maximum atomic E-state index is 13.3. The van der Waals surface area contributed by atoms with E-state index in [0.717, 1.165) is 0 Å². The number of rotatable bonds is 9. The molecule has 0 aliphatic carbocycles. The SMILES string of the molecule is NNC(=O)c1ccc(CN(c2ccccc2)S(=O)(=O)CCCN2CCC(F)(F)C2)nc1. The molecule has 1 amide bonds. The minimum absolute atomic E-state index is 0.0291. The largest absolute Gasteiger partial charge is 0.297 e. The Morgan fingerprint density at radius 3 is 2.55 bits per heavy atom. The minimum Gasteiger partial charge on any atom is -0.297 e. The summed E-state index contributed by atoms with van der Waals surface area (Å²) < 4.78 is 54.1. The first kappa shape index (κ1) is 23.0. The van der Waals surface area contributed by atoms with Gasteiger partial charge in [0.1, 0.15) is 0 Å². The second-order valence-corrected chi connectivity index (χ2v) is 9.42. The molecule has 0 atom stereocenters. The average Bonchev–Trinajstić information content (AvgIpc) is 3.10. The number of nitrogens with zero attached hydrogens (tertiary/aromatic N) is 3. The van der Waals surface area contributed by atoms with E-state index >= 15 is 0 Å². The number of sulfonamides is 1. The highest BCUT2D eigenvalue weighted by Gasteiger charge is 2.37. The van der Waals surface area contributed by atoms with Gasteiger partial charge >= 0.3 is 0 Å². The van der Waals surface area contributed by atoms with E-state index in [2.05, 4.69) is 4.98 Å². The van der Waals surface area contributed by atoms with Gasteiger partial charge in [0.15, 0.2) is 0 Å². The molecule has 3 rings (SSSR count). The van der Waals surface area contributed by atoms with Crippen LogP contribution in [0.25, 0.3) is 0 Å². The molecule has 0 spiro atoms. The van der Waals surface area contributed by atoms with Gasteiger partial charge in [-0.1, -0.05) is 18.2 Å². The zero-order valence-electron chi connectivity index (χ0n) is 16.9. The summed E-state index contributed by atoms with van der Waals surface area (Å²) in [5.74, 6) is 1.72. The second-order valence-electron chi connectivity index (χ2n) is 7.41. The van der Waals surface area contributed by atoms with Crippen LogP contribution in [0.5, 0.6) is 0 Å². The molecule has 11 heteroatoms. The Kier molecular flexibility index (Phi) is 7.19. The lowest BCUT2D eigenvalue weighted by Gasteiger charge is -2.25. The number of para-hydroxylation sites is 1. The van der Waals surface area contributed by atoms with Gasteiger partial charge in [-0.3, -0.25) is 24.4 Å². The number of pyridine rings is 1. The van der Waals surface area contributed by atoms with Crippen LogP contribution in [-0.2, 0) is 16.6 Å². The van der Waals surface area contributed by atoms with Crippen molar-refractivity contribution < 1.29 is 22.0 Å². The third kappa shape index (κ3) is 6.18. The van der Waals surface area contributed by atoms with Crippen molar-refractivity contribution in [3.05, 3.63) is 59.9 Å². The summed E-state index contributed by atoms with van der Waals surface area (Å²) in [5.41, 5.74) is 3.18. The smallest absolute Gasteiger partial charge is 0.266 e. The Morgan fingerprint density at radius 1 is 1.23 bits per heavy atom. The number of nitrogens with two attached hydrogens (primary N) is 1. The Morgan fingerprint density at radius 2 is 1.97 bits per heavy atom. The molecule has 168 valence electrons. The first-order chi connectivity index (χ1) is 14.7. The van der Waals surface area contributed by atoms with Gasteiger partial charge in [-0.15, -0.1) is 0 Å². The number of nitrogens with one attached hydrogen (secondary N) is 1. The molecule has 0 saturated carbocycles. The molecule has 0 bridgehead atoms. The van der Waals surface area contributed by atoms with Crippen molar-refractivity contribution in [1.82, 2.24) is 15.3 Å². The van der Waals surface area contributed by atoms with Crippen LogP contribution in [0.15, 0.2) is 48.7 Å². The van der Waals surface area contributed by atoms with Crippen LogP contribution in [-0.4, -0.2) is 55.5 Å². The summed E-state index contributed by atoms with van der Waals surface area (Å²) in [6, 6.07) is 11.7. The Balaban J connectivity index is 1.71. The van der Waals surface area contributed by atoms with E-state index in [9.17, 15) is 22.0 Å². The maximum Gasteiger partial charge on any atom is 0.266 e. The number of nitrogen functional groups attached to an aromatic ring is 1. The first-order valence-electron chi connectivity index (χ1n) is 9.82. The van der Waals surface area contributed by atoms with Crippen molar-refractivity contribution in [3.63, 3.8) is 0 Å². The molecule has 1 fully saturated rings. The lowest BCUT2D eigenvalue weighted by Crippen LogP contribution is -2.34. The standard InChI is InChI=1S/C20H25F2N5O3S/c21-20(22)9-11-26(15-20)10-4-12-31(29,30)27(18-5-2-1-3-6-18)14-17-8-7-16(13-24-17)19(28)25-23/h1-3,5-8,13H,4,9-12,14-15,23H2,(H,25,28). The van der Waals surface area contributed by atoms with Crippen molar-refractivity contribution in [2.24, 2.45) is 5.84 Å². The Bertz CT molecular complexity index is 988. The average molecular weight is 454 g/mol. The predicted octanol–water partition coefficient (Wildman–Crippen LogP) is 1.75. The Labute approximate surface area is 180 Å². The van der Waals surface area contributed by atoms with Gasteiger partial charge in [-0.2, -0.15) is 0 Å². The predicted molar refractivity (Wildman–Crippen MR) is 113 cm³/mol. The Hall–Kier alpha value is -2.63. The van der Waals surface area contributed by atoms with E-state index in [1.54, 1.807) is 41.3 Å². The van der Waals surface area contributed by atoms with Crippen molar-refractivity contribution >= 4 is 21.6 Å². The number of alkyl halides is 2. The summed E-state index contributed by atoms with van der Waals surface area (Å²) >= 11 is 0. The number of likely N-dealkylation sites (tertiary alicyclic amines) is 1. The van der Waals surface area contributed by atoms with E-state index in [1.165, 1.54) is 16.6 Å². The third-order valence-electron chi connectivity index (χ3n) is 5.03. The molecule has 2 aromatic rings. The van der Waals surface area contributed by atoms with Crippen LogP contribution in [0.4, 0.5) is 14.5 Å². The van der Waals surface area contributed by atoms with Crippen LogP contribution >= 0.6 is 0 Å². The number of hydrogen-bond donors (Lipinski definition) is 2. The molecule has 1 aromatic carbocycles. The van der Waals surface area contributed by atoms with Gasteiger partial charge in [0.2, 0.25) is 10.0 Å². The molecule has 2 heterocycles. The van der Waals surface area contributed by atoms with Crippen molar-refractivity contribution in [2.75, 3.05) is 29.7 Å². The van der Waals surface area contributed by atoms with Gasteiger partial charge in [0.25, 0.3) is 11.8 Å². The molecule has 1 aliphatic heterocycles. The first-order valence-corrected chi connectivity index (χ1v) is 11.4. The topological polar surface area (TPSA) is 109 Å². The fourth-order valence-corrected chi connectivity index (χ4v) is 4.89. The fraction of sp³-hybridized carbons (Fsp3) is 0.400. The highest BCUT2D eigenvalue weighted by Crippen LogP contribution is 2.27. The lowest BCUT2D eigenvalue weighted by molar-refractivity contribution is 0.0123. The number of benzene rings is 1. The number of halogens is 2. The number of anilines is 1. The second kappa shape index (κ2) is 9.67. The van der Waals surface area contributed by atoms with Crippen LogP contribution < -0.4 is 15.6 Å². The van der Waals surface area contributed by atoms with Crippen molar-refractivity contribution in [2.45, 2.75) is 25.3 Å². The molecular formula is C20H25F2N5O3S. The molecule has 1 aromatic heterocycles. The van der Waals surface area contributed by atoms with Crippen LogP contribution in [0.3, 0.4) is 0 Å². The zero-order chi connectivity index (χ0) is 22.5. The van der Waals surface area contributed by atoms with E-state index in [4.69, 9.17) is 5.84 Å². The van der Waals surface area contributed by atoms with Gasteiger partial charge in [0, 0.05) is 19.2 Å².